The average molecular weight is 553 g/mol. The fraction of sp³-hybridized carbons (Fsp3) is 0. The van der Waals surface area contributed by atoms with Crippen LogP contribution in [0.15, 0.2) is 6.07 Å². The molecule has 0 atom stereocenters. The SMILES string of the molecule is O=C(Cl)c1cc(I)c(Cl)c(I)c1I. The lowest BCUT2D eigenvalue weighted by Gasteiger charge is -2.05. The molecule has 0 N–H and O–H groups in total. The summed E-state index contributed by atoms with van der Waals surface area (Å²) >= 11 is 17.6. The van der Waals surface area contributed by atoms with Gasteiger partial charge in [0.25, 0.3) is 5.24 Å². The summed E-state index contributed by atoms with van der Waals surface area (Å²) < 4.78 is 2.52. The second kappa shape index (κ2) is 5.13. The smallest absolute Gasteiger partial charge is 0.253 e. The van der Waals surface area contributed by atoms with E-state index in [2.05, 4.69) is 67.8 Å². The van der Waals surface area contributed by atoms with Crippen molar-refractivity contribution in [3.05, 3.63) is 27.4 Å². The molecule has 0 aliphatic heterocycles. The number of halogens is 5. The molecule has 0 heterocycles. The lowest BCUT2D eigenvalue weighted by molar-refractivity contribution is 0.108. The monoisotopic (exact) mass is 552 g/mol. The van der Waals surface area contributed by atoms with Crippen molar-refractivity contribution in [3.8, 4) is 0 Å². The van der Waals surface area contributed by atoms with Gasteiger partial charge >= 0.3 is 0 Å². The van der Waals surface area contributed by atoms with Gasteiger partial charge in [0.2, 0.25) is 0 Å². The first-order chi connectivity index (χ1) is 5.95. The average Bonchev–Trinajstić information content (AvgIpc) is 2.07. The van der Waals surface area contributed by atoms with E-state index >= 15 is 0 Å². The van der Waals surface area contributed by atoms with Crippen molar-refractivity contribution >= 4 is 96.2 Å². The van der Waals surface area contributed by atoms with Gasteiger partial charge in [-0.3, -0.25) is 4.79 Å². The van der Waals surface area contributed by atoms with Gasteiger partial charge in [-0.25, -0.2) is 0 Å². The third-order valence-electron chi connectivity index (χ3n) is 1.31. The van der Waals surface area contributed by atoms with E-state index in [-0.39, 0.29) is 0 Å². The van der Waals surface area contributed by atoms with Crippen molar-refractivity contribution in [2.75, 3.05) is 0 Å². The molecule has 1 nitrogen and oxygen atoms in total. The first-order valence-corrected chi connectivity index (χ1v) is 6.97. The van der Waals surface area contributed by atoms with E-state index in [4.69, 9.17) is 23.2 Å². The summed E-state index contributed by atoms with van der Waals surface area (Å²) in [6.45, 7) is 0. The fourth-order valence-electron chi connectivity index (χ4n) is 0.716. The van der Waals surface area contributed by atoms with Gasteiger partial charge < -0.3 is 0 Å². The second-order valence-electron chi connectivity index (χ2n) is 2.12. The molecule has 13 heavy (non-hydrogen) atoms. The molecule has 6 heteroatoms. The van der Waals surface area contributed by atoms with E-state index in [0.29, 0.717) is 10.6 Å². The van der Waals surface area contributed by atoms with E-state index in [1.54, 1.807) is 6.07 Å². The summed E-state index contributed by atoms with van der Waals surface area (Å²) in [7, 11) is 0. The number of hydrogen-bond donors (Lipinski definition) is 0. The summed E-state index contributed by atoms with van der Waals surface area (Å²) in [5.74, 6) is 0. The van der Waals surface area contributed by atoms with E-state index < -0.39 is 5.24 Å². The molecule has 1 aromatic carbocycles. The molecule has 1 aromatic rings. The first-order valence-electron chi connectivity index (χ1n) is 2.98. The number of benzene rings is 1. The molecule has 0 amide bonds. The molecule has 1 rings (SSSR count). The zero-order valence-corrected chi connectivity index (χ0v) is 13.9. The molecule has 0 spiro atoms. The molecular weight excluding hydrogens is 552 g/mol. The summed E-state index contributed by atoms with van der Waals surface area (Å²) in [5, 5.41) is 0.226. The Morgan fingerprint density at radius 2 is 1.77 bits per heavy atom. The van der Waals surface area contributed by atoms with Crippen LogP contribution in [0.2, 0.25) is 5.02 Å². The maximum Gasteiger partial charge on any atom is 0.253 e. The van der Waals surface area contributed by atoms with E-state index in [0.717, 1.165) is 10.7 Å². The Bertz CT molecular complexity index is 378. The van der Waals surface area contributed by atoms with E-state index in [1.165, 1.54) is 0 Å². The zero-order chi connectivity index (χ0) is 10.2. The standard InChI is InChI=1S/C7HCl2I3O/c8-4-3(10)1-2(7(9)13)5(11)6(4)12/h1H. The Kier molecular flexibility index (Phi) is 5.02. The number of carbonyl (C=O) groups excluding carboxylic acids is 1. The Hall–Kier alpha value is 1.66. The third-order valence-corrected chi connectivity index (χ3v) is 6.63. The van der Waals surface area contributed by atoms with Gasteiger partial charge in [-0.2, -0.15) is 0 Å². The van der Waals surface area contributed by atoms with Gasteiger partial charge in [-0.05, 0) is 85.4 Å². The first kappa shape index (κ1) is 12.7. The van der Waals surface area contributed by atoms with Gasteiger partial charge in [-0.15, -0.1) is 0 Å². The van der Waals surface area contributed by atoms with Gasteiger partial charge in [0, 0.05) is 16.3 Å². The lowest BCUT2D eigenvalue weighted by Crippen LogP contribution is -1.98. The van der Waals surface area contributed by atoms with Crippen LogP contribution in [0.1, 0.15) is 10.4 Å². The zero-order valence-electron chi connectivity index (χ0n) is 5.88. The highest BCUT2D eigenvalue weighted by molar-refractivity contribution is 14.1. The molecule has 0 saturated heterocycles. The van der Waals surface area contributed by atoms with Crippen LogP contribution in [0.5, 0.6) is 0 Å². The Labute approximate surface area is 126 Å². The largest absolute Gasteiger partial charge is 0.276 e. The Morgan fingerprint density at radius 3 is 2.23 bits per heavy atom. The van der Waals surface area contributed by atoms with Crippen LogP contribution in [0, 0.1) is 10.7 Å². The predicted molar refractivity (Wildman–Crippen MR) is 79.8 cm³/mol. The highest BCUT2D eigenvalue weighted by Gasteiger charge is 2.15. The van der Waals surface area contributed by atoms with Gasteiger partial charge in [0.15, 0.2) is 0 Å². The minimum atomic E-state index is -0.447. The lowest BCUT2D eigenvalue weighted by atomic mass is 10.2. The molecule has 0 aromatic heterocycles. The molecule has 0 unspecified atom stereocenters. The van der Waals surface area contributed by atoms with Gasteiger partial charge in [0.1, 0.15) is 0 Å². The van der Waals surface area contributed by atoms with Crippen LogP contribution in [0.25, 0.3) is 0 Å². The van der Waals surface area contributed by atoms with Crippen molar-refractivity contribution in [2.45, 2.75) is 0 Å². The molecule has 0 radical (unpaired) electrons. The molecule has 0 aliphatic rings. The summed E-state index contributed by atoms with van der Waals surface area (Å²) in [6.07, 6.45) is 0. The normalized spacial score (nSPS) is 10.2. The molecule has 0 bridgehead atoms. The predicted octanol–water partition coefficient (Wildman–Crippen LogP) is 4.53. The minimum absolute atomic E-state index is 0.447. The number of carbonyl (C=O) groups is 1. The van der Waals surface area contributed by atoms with Crippen molar-refractivity contribution in [3.63, 3.8) is 0 Å². The van der Waals surface area contributed by atoms with E-state index in [9.17, 15) is 4.79 Å². The van der Waals surface area contributed by atoms with Gasteiger partial charge in [0.05, 0.1) is 5.02 Å². The van der Waals surface area contributed by atoms with Crippen molar-refractivity contribution in [1.82, 2.24) is 0 Å². The van der Waals surface area contributed by atoms with Crippen molar-refractivity contribution < 1.29 is 4.79 Å². The van der Waals surface area contributed by atoms with Crippen LogP contribution < -0.4 is 0 Å². The van der Waals surface area contributed by atoms with Crippen LogP contribution in [0.4, 0.5) is 0 Å². The van der Waals surface area contributed by atoms with Gasteiger partial charge in [-0.1, -0.05) is 11.6 Å². The Morgan fingerprint density at radius 1 is 1.23 bits per heavy atom. The van der Waals surface area contributed by atoms with Crippen LogP contribution in [0.3, 0.4) is 0 Å². The van der Waals surface area contributed by atoms with E-state index in [1.807, 2.05) is 0 Å². The second-order valence-corrected chi connectivity index (χ2v) is 6.16. The summed E-state index contributed by atoms with van der Waals surface area (Å²) in [5.41, 5.74) is 0.514. The van der Waals surface area contributed by atoms with Crippen LogP contribution in [-0.2, 0) is 0 Å². The summed E-state index contributed by atoms with van der Waals surface area (Å²) in [4.78, 5) is 11.0. The third kappa shape index (κ3) is 2.82. The number of rotatable bonds is 1. The quantitative estimate of drug-likeness (QED) is 0.217. The molecular formula is C7HCl2I3O. The van der Waals surface area contributed by atoms with Crippen LogP contribution >= 0.6 is 91.0 Å². The summed E-state index contributed by atoms with van der Waals surface area (Å²) in [6, 6.07) is 1.70. The molecule has 0 saturated carbocycles. The Balaban J connectivity index is 3.50. The fourth-order valence-corrected chi connectivity index (χ4v) is 3.68. The molecule has 0 fully saturated rings. The minimum Gasteiger partial charge on any atom is -0.276 e. The van der Waals surface area contributed by atoms with Crippen molar-refractivity contribution in [1.29, 1.82) is 0 Å². The topological polar surface area (TPSA) is 17.1 Å². The van der Waals surface area contributed by atoms with Crippen LogP contribution in [-0.4, -0.2) is 5.24 Å². The maximum absolute atomic E-state index is 11.0. The molecule has 70 valence electrons. The van der Waals surface area contributed by atoms with Crippen molar-refractivity contribution in [2.24, 2.45) is 0 Å². The number of hydrogen-bond acceptors (Lipinski definition) is 1. The molecule has 0 aliphatic carbocycles. The highest BCUT2D eigenvalue weighted by atomic mass is 127. The maximum atomic E-state index is 11.0. The highest BCUT2D eigenvalue weighted by Crippen LogP contribution is 2.31.